The van der Waals surface area contributed by atoms with Gasteiger partial charge in [-0.3, -0.25) is 9.69 Å². The summed E-state index contributed by atoms with van der Waals surface area (Å²) in [6, 6.07) is 3.95. The molecular formula is C21H23ClF2N4O3S3. The second-order valence-electron chi connectivity index (χ2n) is 8.21. The van der Waals surface area contributed by atoms with E-state index < -0.39 is 33.6 Å². The number of thiazole rings is 1. The van der Waals surface area contributed by atoms with Gasteiger partial charge in [0.05, 0.1) is 9.04 Å². The van der Waals surface area contributed by atoms with Crippen LogP contribution in [0.5, 0.6) is 0 Å². The van der Waals surface area contributed by atoms with Crippen LogP contribution in [0.2, 0.25) is 4.34 Å². The molecule has 2 aromatic heterocycles. The number of benzene rings is 1. The van der Waals surface area contributed by atoms with Crippen molar-refractivity contribution in [2.75, 3.05) is 38.6 Å². The molecule has 0 saturated carbocycles. The highest BCUT2D eigenvalue weighted by Gasteiger charge is 2.42. The van der Waals surface area contributed by atoms with Gasteiger partial charge in [-0.15, -0.1) is 11.3 Å². The maximum absolute atomic E-state index is 14.3. The fourth-order valence-corrected chi connectivity index (χ4v) is 8.21. The average Bonchev–Trinajstić information content (AvgIpc) is 3.49. The van der Waals surface area contributed by atoms with Crippen LogP contribution in [0.4, 0.5) is 13.9 Å². The average molecular weight is 549 g/mol. The van der Waals surface area contributed by atoms with Gasteiger partial charge < -0.3 is 4.90 Å². The molecule has 1 fully saturated rings. The van der Waals surface area contributed by atoms with E-state index >= 15 is 0 Å². The molecule has 1 saturated heterocycles. The molecule has 1 unspecified atom stereocenters. The Bertz CT molecular complexity index is 1310. The highest BCUT2D eigenvalue weighted by molar-refractivity contribution is 7.91. The molecule has 0 radical (unpaired) electrons. The second-order valence-corrected chi connectivity index (χ2v) is 13.1. The number of hydrogen-bond donors (Lipinski definition) is 0. The summed E-state index contributed by atoms with van der Waals surface area (Å²) in [5.74, 6) is -1.96. The van der Waals surface area contributed by atoms with Gasteiger partial charge in [0.1, 0.15) is 21.6 Å². The van der Waals surface area contributed by atoms with Crippen molar-refractivity contribution in [3.05, 3.63) is 40.2 Å². The maximum Gasteiger partial charge on any atom is 0.253 e. The second kappa shape index (κ2) is 10.1. The first kappa shape index (κ1) is 25.4. The van der Waals surface area contributed by atoms with E-state index in [0.717, 1.165) is 28.7 Å². The molecule has 0 aliphatic carbocycles. The van der Waals surface area contributed by atoms with E-state index in [1.54, 1.807) is 0 Å². The van der Waals surface area contributed by atoms with Crippen LogP contribution in [0.15, 0.2) is 28.5 Å². The number of amides is 1. The molecule has 4 rings (SSSR count). The summed E-state index contributed by atoms with van der Waals surface area (Å²) in [7, 11) is -0.109. The van der Waals surface area contributed by atoms with Gasteiger partial charge in [0, 0.05) is 19.2 Å². The summed E-state index contributed by atoms with van der Waals surface area (Å²) >= 11 is 7.89. The third kappa shape index (κ3) is 5.12. The Kier molecular flexibility index (Phi) is 7.56. The molecule has 1 atom stereocenters. The maximum atomic E-state index is 14.3. The number of sulfonamides is 1. The number of halogens is 3. The molecule has 3 heterocycles. The molecule has 34 heavy (non-hydrogen) atoms. The predicted octanol–water partition coefficient (Wildman–Crippen LogP) is 4.43. The minimum atomic E-state index is -3.91. The van der Waals surface area contributed by atoms with Crippen LogP contribution in [0.3, 0.4) is 0 Å². The van der Waals surface area contributed by atoms with Crippen LogP contribution in [0, 0.1) is 11.6 Å². The zero-order valence-electron chi connectivity index (χ0n) is 18.5. The molecule has 3 aromatic rings. The quantitative estimate of drug-likeness (QED) is 0.416. The van der Waals surface area contributed by atoms with Gasteiger partial charge in [0.2, 0.25) is 5.91 Å². The van der Waals surface area contributed by atoms with E-state index in [-0.39, 0.29) is 32.6 Å². The molecule has 184 valence electrons. The topological polar surface area (TPSA) is 73.8 Å². The number of fused-ring (bicyclic) bond motifs is 1. The SMILES string of the molecule is CN(C)CCCN(C(=O)C1CCCN1S(=O)(=O)c1ccc(Cl)s1)c1nc2c(F)cc(F)cc2s1. The lowest BCUT2D eigenvalue weighted by molar-refractivity contribution is -0.121. The minimum Gasteiger partial charge on any atom is -0.309 e. The minimum absolute atomic E-state index is 0.0177. The van der Waals surface area contributed by atoms with Crippen molar-refractivity contribution < 1.29 is 22.0 Å². The van der Waals surface area contributed by atoms with E-state index in [2.05, 4.69) is 4.98 Å². The molecule has 13 heteroatoms. The van der Waals surface area contributed by atoms with Gasteiger partial charge in [-0.1, -0.05) is 22.9 Å². The third-order valence-electron chi connectivity index (χ3n) is 5.49. The number of rotatable bonds is 8. The van der Waals surface area contributed by atoms with Crippen molar-refractivity contribution in [2.45, 2.75) is 29.5 Å². The van der Waals surface area contributed by atoms with Gasteiger partial charge in [0.15, 0.2) is 10.9 Å². The number of hydrogen-bond acceptors (Lipinski definition) is 7. The summed E-state index contributed by atoms with van der Waals surface area (Å²) in [4.78, 5) is 21.4. The lowest BCUT2D eigenvalue weighted by Crippen LogP contribution is -2.48. The monoisotopic (exact) mass is 548 g/mol. The summed E-state index contributed by atoms with van der Waals surface area (Å²) in [5, 5.41) is 0.215. The Labute approximate surface area is 209 Å². The molecule has 7 nitrogen and oxygen atoms in total. The van der Waals surface area contributed by atoms with Gasteiger partial charge in [-0.2, -0.15) is 4.31 Å². The molecule has 1 aliphatic heterocycles. The Balaban J connectivity index is 1.68. The molecule has 1 aliphatic rings. The highest BCUT2D eigenvalue weighted by Crippen LogP contribution is 2.35. The molecule has 1 amide bonds. The van der Waals surface area contributed by atoms with Gasteiger partial charge in [0.25, 0.3) is 10.0 Å². The molecule has 0 spiro atoms. The Hall–Kier alpha value is -1.70. The first-order valence-electron chi connectivity index (χ1n) is 10.6. The van der Waals surface area contributed by atoms with Crippen molar-refractivity contribution in [3.63, 3.8) is 0 Å². The van der Waals surface area contributed by atoms with Crippen LogP contribution in [-0.2, 0) is 14.8 Å². The highest BCUT2D eigenvalue weighted by atomic mass is 35.5. The lowest BCUT2D eigenvalue weighted by Gasteiger charge is -2.28. The van der Waals surface area contributed by atoms with Crippen molar-refractivity contribution in [1.82, 2.24) is 14.2 Å². The van der Waals surface area contributed by atoms with E-state index in [1.165, 1.54) is 27.4 Å². The first-order chi connectivity index (χ1) is 16.1. The molecular weight excluding hydrogens is 526 g/mol. The van der Waals surface area contributed by atoms with Crippen molar-refractivity contribution >= 4 is 65.6 Å². The Morgan fingerprint density at radius 3 is 2.68 bits per heavy atom. The first-order valence-corrected chi connectivity index (χ1v) is 14.0. The van der Waals surface area contributed by atoms with Gasteiger partial charge in [-0.25, -0.2) is 22.2 Å². The molecule has 0 N–H and O–H groups in total. The standard InChI is InChI=1S/C21H23ClF2N4O3S3/c1-26(2)8-4-9-27(21-25-19-14(24)11-13(23)12-16(19)32-21)20(29)15-5-3-10-28(15)34(30,31)18-7-6-17(22)33-18/h6-7,11-12,15H,3-5,8-10H2,1-2H3. The van der Waals surface area contributed by atoms with Gasteiger partial charge in [-0.05, 0) is 58.1 Å². The summed E-state index contributed by atoms with van der Waals surface area (Å²) < 4.78 is 56.4. The lowest BCUT2D eigenvalue weighted by atomic mass is 10.2. The van der Waals surface area contributed by atoms with Crippen LogP contribution in [0.1, 0.15) is 19.3 Å². The summed E-state index contributed by atoms with van der Waals surface area (Å²) in [5.41, 5.74) is -0.0177. The number of thiophene rings is 1. The Morgan fingerprint density at radius 2 is 2.00 bits per heavy atom. The van der Waals surface area contributed by atoms with Gasteiger partial charge >= 0.3 is 0 Å². The van der Waals surface area contributed by atoms with Crippen LogP contribution < -0.4 is 4.90 Å². The summed E-state index contributed by atoms with van der Waals surface area (Å²) in [6.07, 6.45) is 1.47. The zero-order valence-corrected chi connectivity index (χ0v) is 21.7. The van der Waals surface area contributed by atoms with Crippen molar-refractivity contribution in [3.8, 4) is 0 Å². The van der Waals surface area contributed by atoms with Crippen LogP contribution in [0.25, 0.3) is 10.2 Å². The predicted molar refractivity (Wildman–Crippen MR) is 131 cm³/mol. The fourth-order valence-electron chi connectivity index (χ4n) is 3.91. The van der Waals surface area contributed by atoms with E-state index in [9.17, 15) is 22.0 Å². The van der Waals surface area contributed by atoms with E-state index in [4.69, 9.17) is 11.6 Å². The van der Waals surface area contributed by atoms with Crippen LogP contribution >= 0.6 is 34.3 Å². The van der Waals surface area contributed by atoms with Crippen LogP contribution in [-0.4, -0.2) is 68.3 Å². The van der Waals surface area contributed by atoms with Crippen molar-refractivity contribution in [1.29, 1.82) is 0 Å². The number of aromatic nitrogens is 1. The largest absolute Gasteiger partial charge is 0.309 e. The molecule has 0 bridgehead atoms. The summed E-state index contributed by atoms with van der Waals surface area (Å²) in [6.45, 7) is 1.15. The normalized spacial score (nSPS) is 17.2. The Morgan fingerprint density at radius 1 is 1.24 bits per heavy atom. The fraction of sp³-hybridized carbons (Fsp3) is 0.429. The number of anilines is 1. The molecule has 1 aromatic carbocycles. The van der Waals surface area contributed by atoms with E-state index in [1.807, 2.05) is 19.0 Å². The smallest absolute Gasteiger partial charge is 0.253 e. The van der Waals surface area contributed by atoms with E-state index in [0.29, 0.717) is 30.1 Å². The number of carbonyl (C=O) groups excluding carboxylic acids is 1. The number of nitrogens with zero attached hydrogens (tertiary/aromatic N) is 4. The van der Waals surface area contributed by atoms with Crippen molar-refractivity contribution in [2.24, 2.45) is 0 Å². The number of carbonyl (C=O) groups is 1. The third-order valence-corrected chi connectivity index (χ3v) is 10.1. The zero-order chi connectivity index (χ0) is 24.6.